The van der Waals surface area contributed by atoms with E-state index in [-0.39, 0.29) is 11.5 Å². The SMILES string of the molecule is Cc1cc(CC(O)C(C)(C)C)nc(C)n1. The Morgan fingerprint density at radius 1 is 1.27 bits per heavy atom. The molecule has 1 unspecified atom stereocenters. The summed E-state index contributed by atoms with van der Waals surface area (Å²) in [5, 5.41) is 9.96. The zero-order valence-corrected chi connectivity index (χ0v) is 10.2. The minimum atomic E-state index is -0.369. The highest BCUT2D eigenvalue weighted by Crippen LogP contribution is 2.21. The molecule has 0 saturated carbocycles. The zero-order valence-electron chi connectivity index (χ0n) is 10.2. The first kappa shape index (κ1) is 12.1. The van der Waals surface area contributed by atoms with E-state index in [0.29, 0.717) is 6.42 Å². The fraction of sp³-hybridized carbons (Fsp3) is 0.667. The van der Waals surface area contributed by atoms with E-state index in [0.717, 1.165) is 17.2 Å². The monoisotopic (exact) mass is 208 g/mol. The lowest BCUT2D eigenvalue weighted by molar-refractivity contribution is 0.0627. The molecule has 1 rings (SSSR count). The molecular weight excluding hydrogens is 188 g/mol. The molecule has 0 aliphatic rings. The van der Waals surface area contributed by atoms with Crippen LogP contribution in [0.15, 0.2) is 6.07 Å². The zero-order chi connectivity index (χ0) is 11.6. The second-order valence-corrected chi connectivity index (χ2v) is 5.13. The highest BCUT2D eigenvalue weighted by atomic mass is 16.3. The number of hydrogen-bond acceptors (Lipinski definition) is 3. The molecule has 0 aromatic carbocycles. The number of aliphatic hydroxyl groups excluding tert-OH is 1. The van der Waals surface area contributed by atoms with Gasteiger partial charge in [0.15, 0.2) is 0 Å². The van der Waals surface area contributed by atoms with Crippen LogP contribution in [0.1, 0.15) is 38.0 Å². The Morgan fingerprint density at radius 2 is 1.87 bits per heavy atom. The Labute approximate surface area is 91.6 Å². The summed E-state index contributed by atoms with van der Waals surface area (Å²) in [6.07, 6.45) is 0.222. The Hall–Kier alpha value is -0.960. The lowest BCUT2D eigenvalue weighted by Crippen LogP contribution is -2.28. The Balaban J connectivity index is 2.81. The second kappa shape index (κ2) is 4.27. The Morgan fingerprint density at radius 3 is 2.33 bits per heavy atom. The van der Waals surface area contributed by atoms with E-state index in [4.69, 9.17) is 0 Å². The summed E-state index contributed by atoms with van der Waals surface area (Å²) in [6.45, 7) is 9.90. The van der Waals surface area contributed by atoms with Gasteiger partial charge in [0.25, 0.3) is 0 Å². The molecule has 84 valence electrons. The molecule has 0 bridgehead atoms. The molecule has 0 aliphatic heterocycles. The van der Waals surface area contributed by atoms with Gasteiger partial charge in [0.1, 0.15) is 5.82 Å². The molecule has 1 aromatic heterocycles. The maximum Gasteiger partial charge on any atom is 0.125 e. The predicted molar refractivity (Wildman–Crippen MR) is 60.7 cm³/mol. The van der Waals surface area contributed by atoms with Crippen LogP contribution < -0.4 is 0 Å². The van der Waals surface area contributed by atoms with E-state index in [9.17, 15) is 5.11 Å². The van der Waals surface area contributed by atoms with Crippen LogP contribution in [0.3, 0.4) is 0 Å². The average molecular weight is 208 g/mol. The third-order valence-electron chi connectivity index (χ3n) is 2.42. The van der Waals surface area contributed by atoms with Crippen molar-refractivity contribution in [1.29, 1.82) is 0 Å². The lowest BCUT2D eigenvalue weighted by Gasteiger charge is -2.25. The molecule has 0 spiro atoms. The van der Waals surface area contributed by atoms with E-state index in [2.05, 4.69) is 9.97 Å². The first-order chi connectivity index (χ1) is 6.79. The molecule has 3 heteroatoms. The van der Waals surface area contributed by atoms with E-state index in [1.807, 2.05) is 40.7 Å². The number of aromatic nitrogens is 2. The molecule has 1 atom stereocenters. The highest BCUT2D eigenvalue weighted by Gasteiger charge is 2.22. The van der Waals surface area contributed by atoms with Gasteiger partial charge in [0.05, 0.1) is 6.10 Å². The van der Waals surface area contributed by atoms with Gasteiger partial charge >= 0.3 is 0 Å². The topological polar surface area (TPSA) is 46.0 Å². The van der Waals surface area contributed by atoms with Crippen LogP contribution in [0.25, 0.3) is 0 Å². The maximum absolute atomic E-state index is 9.96. The van der Waals surface area contributed by atoms with Crippen LogP contribution in [0, 0.1) is 19.3 Å². The van der Waals surface area contributed by atoms with Gasteiger partial charge in [-0.25, -0.2) is 9.97 Å². The van der Waals surface area contributed by atoms with Gasteiger partial charge in [-0.05, 0) is 25.3 Å². The average Bonchev–Trinajstić information content (AvgIpc) is 1.99. The van der Waals surface area contributed by atoms with E-state index in [1.54, 1.807) is 0 Å². The van der Waals surface area contributed by atoms with Crippen LogP contribution in [-0.4, -0.2) is 21.2 Å². The van der Waals surface area contributed by atoms with Crippen LogP contribution in [0.2, 0.25) is 0 Å². The fourth-order valence-electron chi connectivity index (χ4n) is 1.40. The molecule has 3 nitrogen and oxygen atoms in total. The van der Waals surface area contributed by atoms with Gasteiger partial charge < -0.3 is 5.11 Å². The summed E-state index contributed by atoms with van der Waals surface area (Å²) in [7, 11) is 0. The number of nitrogens with zero attached hydrogens (tertiary/aromatic N) is 2. The fourth-order valence-corrected chi connectivity index (χ4v) is 1.40. The number of aliphatic hydroxyl groups is 1. The third-order valence-corrected chi connectivity index (χ3v) is 2.42. The van der Waals surface area contributed by atoms with E-state index < -0.39 is 0 Å². The number of rotatable bonds is 2. The molecule has 0 fully saturated rings. The van der Waals surface area contributed by atoms with Crippen molar-refractivity contribution in [2.45, 2.75) is 47.1 Å². The molecule has 0 radical (unpaired) electrons. The number of hydrogen-bond donors (Lipinski definition) is 1. The predicted octanol–water partition coefficient (Wildman–Crippen LogP) is 2.04. The minimum Gasteiger partial charge on any atom is -0.392 e. The summed E-state index contributed by atoms with van der Waals surface area (Å²) < 4.78 is 0. The maximum atomic E-state index is 9.96. The Bertz CT molecular complexity index is 322. The first-order valence-electron chi connectivity index (χ1n) is 5.28. The standard InChI is InChI=1S/C12H20N2O/c1-8-6-10(14-9(2)13-8)7-11(15)12(3,4)5/h6,11,15H,7H2,1-5H3. The van der Waals surface area contributed by atoms with Crippen molar-refractivity contribution >= 4 is 0 Å². The summed E-state index contributed by atoms with van der Waals surface area (Å²) in [5.74, 6) is 0.770. The van der Waals surface area contributed by atoms with Crippen LogP contribution >= 0.6 is 0 Å². The number of aryl methyl sites for hydroxylation is 2. The van der Waals surface area contributed by atoms with Crippen molar-refractivity contribution in [2.75, 3.05) is 0 Å². The Kier molecular flexibility index (Phi) is 3.45. The van der Waals surface area contributed by atoms with Gasteiger partial charge in [-0.15, -0.1) is 0 Å². The van der Waals surface area contributed by atoms with Gasteiger partial charge in [0.2, 0.25) is 0 Å². The summed E-state index contributed by atoms with van der Waals surface area (Å²) in [5.41, 5.74) is 1.77. The van der Waals surface area contributed by atoms with Crippen molar-refractivity contribution in [3.63, 3.8) is 0 Å². The quantitative estimate of drug-likeness (QED) is 0.809. The molecule has 0 amide bonds. The molecule has 0 aliphatic carbocycles. The third kappa shape index (κ3) is 3.59. The second-order valence-electron chi connectivity index (χ2n) is 5.13. The summed E-state index contributed by atoms with van der Waals surface area (Å²) in [6, 6.07) is 1.93. The van der Waals surface area contributed by atoms with Gasteiger partial charge in [0, 0.05) is 17.8 Å². The molecule has 1 N–H and O–H groups in total. The molecule has 1 aromatic rings. The van der Waals surface area contributed by atoms with Crippen molar-refractivity contribution in [2.24, 2.45) is 5.41 Å². The minimum absolute atomic E-state index is 0.104. The largest absolute Gasteiger partial charge is 0.392 e. The lowest BCUT2D eigenvalue weighted by atomic mass is 9.86. The molecular formula is C12H20N2O. The van der Waals surface area contributed by atoms with Crippen molar-refractivity contribution in [1.82, 2.24) is 9.97 Å². The summed E-state index contributed by atoms with van der Waals surface area (Å²) >= 11 is 0. The first-order valence-corrected chi connectivity index (χ1v) is 5.28. The van der Waals surface area contributed by atoms with Crippen molar-refractivity contribution in [3.8, 4) is 0 Å². The van der Waals surface area contributed by atoms with E-state index >= 15 is 0 Å². The normalized spacial score (nSPS) is 14.0. The molecule has 0 saturated heterocycles. The van der Waals surface area contributed by atoms with Crippen LogP contribution in [0.4, 0.5) is 0 Å². The van der Waals surface area contributed by atoms with Gasteiger partial charge in [-0.1, -0.05) is 20.8 Å². The van der Waals surface area contributed by atoms with Gasteiger partial charge in [-0.2, -0.15) is 0 Å². The molecule has 15 heavy (non-hydrogen) atoms. The van der Waals surface area contributed by atoms with Crippen molar-refractivity contribution < 1.29 is 5.11 Å². The van der Waals surface area contributed by atoms with Crippen LogP contribution in [-0.2, 0) is 6.42 Å². The highest BCUT2D eigenvalue weighted by molar-refractivity contribution is 5.10. The smallest absolute Gasteiger partial charge is 0.125 e. The van der Waals surface area contributed by atoms with Crippen molar-refractivity contribution in [3.05, 3.63) is 23.3 Å². The van der Waals surface area contributed by atoms with Crippen LogP contribution in [0.5, 0.6) is 0 Å². The molecule has 1 heterocycles. The van der Waals surface area contributed by atoms with E-state index in [1.165, 1.54) is 0 Å². The summed E-state index contributed by atoms with van der Waals surface area (Å²) in [4.78, 5) is 8.53. The van der Waals surface area contributed by atoms with Gasteiger partial charge in [-0.3, -0.25) is 0 Å².